The van der Waals surface area contributed by atoms with Crippen LogP contribution < -0.4 is 9.62 Å². The molecule has 0 radical (unpaired) electrons. The summed E-state index contributed by atoms with van der Waals surface area (Å²) in [7, 11) is -4.03. The van der Waals surface area contributed by atoms with Crippen LogP contribution in [0.5, 0.6) is 0 Å². The molecule has 3 aromatic carbocycles. The highest BCUT2D eigenvalue weighted by Crippen LogP contribution is 2.24. The zero-order valence-electron chi connectivity index (χ0n) is 16.1. The van der Waals surface area contributed by atoms with Crippen molar-refractivity contribution in [2.75, 3.05) is 16.2 Å². The first-order chi connectivity index (χ1) is 13.8. The van der Waals surface area contributed by atoms with Gasteiger partial charge in [0.15, 0.2) is 0 Å². The van der Waals surface area contributed by atoms with E-state index in [4.69, 9.17) is 0 Å². The maximum absolute atomic E-state index is 13.4. The lowest BCUT2D eigenvalue weighted by molar-refractivity contribution is -0.114. The summed E-state index contributed by atoms with van der Waals surface area (Å²) >= 11 is 0. The van der Waals surface area contributed by atoms with E-state index in [0.717, 1.165) is 27.6 Å². The van der Waals surface area contributed by atoms with Crippen LogP contribution in [0.25, 0.3) is 0 Å². The van der Waals surface area contributed by atoms with Crippen LogP contribution in [0.2, 0.25) is 0 Å². The third kappa shape index (κ3) is 4.81. The lowest BCUT2D eigenvalue weighted by atomic mass is 10.2. The Morgan fingerprint density at radius 2 is 1.55 bits per heavy atom. The van der Waals surface area contributed by atoms with Gasteiger partial charge in [0, 0.05) is 5.69 Å². The second-order valence-electron chi connectivity index (χ2n) is 6.66. The normalized spacial score (nSPS) is 11.1. The predicted octanol–water partition coefficient (Wildman–Crippen LogP) is 4.28. The lowest BCUT2D eigenvalue weighted by Crippen LogP contribution is -2.38. The van der Waals surface area contributed by atoms with Gasteiger partial charge in [-0.25, -0.2) is 12.8 Å². The highest BCUT2D eigenvalue weighted by Gasteiger charge is 2.27. The molecule has 0 saturated heterocycles. The van der Waals surface area contributed by atoms with Gasteiger partial charge in [-0.2, -0.15) is 0 Å². The molecule has 0 spiro atoms. The third-order valence-electron chi connectivity index (χ3n) is 4.43. The minimum Gasteiger partial charge on any atom is -0.324 e. The molecule has 0 fully saturated rings. The summed E-state index contributed by atoms with van der Waals surface area (Å²) in [5.41, 5.74) is 2.57. The molecule has 3 aromatic rings. The number of hydrogen-bond acceptors (Lipinski definition) is 3. The second kappa shape index (κ2) is 8.45. The minimum absolute atomic E-state index is 0.0520. The van der Waals surface area contributed by atoms with Crippen LogP contribution in [-0.2, 0) is 14.8 Å². The molecule has 150 valence electrons. The van der Waals surface area contributed by atoms with Crippen molar-refractivity contribution in [3.8, 4) is 0 Å². The van der Waals surface area contributed by atoms with E-state index >= 15 is 0 Å². The Morgan fingerprint density at radius 1 is 0.931 bits per heavy atom. The Labute approximate surface area is 169 Å². The monoisotopic (exact) mass is 412 g/mol. The van der Waals surface area contributed by atoms with Gasteiger partial charge in [-0.1, -0.05) is 35.9 Å². The molecule has 0 aliphatic rings. The number of nitrogens with one attached hydrogen (secondary N) is 1. The number of para-hydroxylation sites is 1. The summed E-state index contributed by atoms with van der Waals surface area (Å²) in [6, 6.07) is 18.5. The molecule has 29 heavy (non-hydrogen) atoms. The van der Waals surface area contributed by atoms with Gasteiger partial charge in [0.05, 0.1) is 10.6 Å². The molecular weight excluding hydrogens is 391 g/mol. The zero-order chi connectivity index (χ0) is 21.0. The first kappa shape index (κ1) is 20.5. The number of rotatable bonds is 6. The Hall–Kier alpha value is -3.19. The topological polar surface area (TPSA) is 66.5 Å². The van der Waals surface area contributed by atoms with E-state index in [-0.39, 0.29) is 10.6 Å². The standard InChI is InChI=1S/C22H21FN2O3S/c1-16-7-13-20(14-8-16)29(27,28)25(19-11-9-18(23)10-12-19)15-22(26)24-21-6-4-3-5-17(21)2/h3-14H,15H2,1-2H3,(H,24,26). The van der Waals surface area contributed by atoms with Crippen molar-refractivity contribution < 1.29 is 17.6 Å². The molecular formula is C22H21FN2O3S. The Kier molecular flexibility index (Phi) is 5.98. The summed E-state index contributed by atoms with van der Waals surface area (Å²) in [5, 5.41) is 2.74. The molecule has 0 aromatic heterocycles. The van der Waals surface area contributed by atoms with Gasteiger partial charge in [-0.3, -0.25) is 9.10 Å². The SMILES string of the molecule is Cc1ccc(S(=O)(=O)N(CC(=O)Nc2ccccc2C)c2ccc(F)cc2)cc1. The number of carbonyl (C=O) groups excluding carboxylic acids is 1. The third-order valence-corrected chi connectivity index (χ3v) is 6.22. The molecule has 0 unspecified atom stereocenters. The number of hydrogen-bond donors (Lipinski definition) is 1. The molecule has 0 bridgehead atoms. The van der Waals surface area contributed by atoms with Crippen LogP contribution in [0, 0.1) is 19.7 Å². The zero-order valence-corrected chi connectivity index (χ0v) is 16.9. The first-order valence-electron chi connectivity index (χ1n) is 8.98. The number of amides is 1. The Morgan fingerprint density at radius 3 is 2.17 bits per heavy atom. The van der Waals surface area contributed by atoms with Crippen molar-refractivity contribution in [1.29, 1.82) is 0 Å². The quantitative estimate of drug-likeness (QED) is 0.657. The van der Waals surface area contributed by atoms with Crippen LogP contribution in [0.1, 0.15) is 11.1 Å². The molecule has 0 heterocycles. The van der Waals surface area contributed by atoms with Crippen molar-refractivity contribution in [2.24, 2.45) is 0 Å². The van der Waals surface area contributed by atoms with Gasteiger partial charge in [-0.05, 0) is 61.9 Å². The predicted molar refractivity (Wildman–Crippen MR) is 112 cm³/mol. The van der Waals surface area contributed by atoms with E-state index in [0.29, 0.717) is 5.69 Å². The number of sulfonamides is 1. The van der Waals surface area contributed by atoms with E-state index < -0.39 is 28.3 Å². The fraction of sp³-hybridized carbons (Fsp3) is 0.136. The van der Waals surface area contributed by atoms with Crippen LogP contribution in [0.15, 0.2) is 77.7 Å². The van der Waals surface area contributed by atoms with E-state index in [1.165, 1.54) is 24.3 Å². The summed E-state index contributed by atoms with van der Waals surface area (Å²) < 4.78 is 40.8. The number of benzene rings is 3. The van der Waals surface area contributed by atoms with Crippen LogP contribution in [0.3, 0.4) is 0 Å². The van der Waals surface area contributed by atoms with E-state index in [1.807, 2.05) is 26.0 Å². The number of nitrogens with zero attached hydrogens (tertiary/aromatic N) is 1. The maximum Gasteiger partial charge on any atom is 0.264 e. The van der Waals surface area contributed by atoms with Crippen LogP contribution in [0.4, 0.5) is 15.8 Å². The molecule has 7 heteroatoms. The molecule has 5 nitrogen and oxygen atoms in total. The Balaban J connectivity index is 1.95. The van der Waals surface area contributed by atoms with Crippen molar-refractivity contribution in [2.45, 2.75) is 18.7 Å². The highest BCUT2D eigenvalue weighted by molar-refractivity contribution is 7.92. The average molecular weight is 412 g/mol. The van der Waals surface area contributed by atoms with Gasteiger partial charge in [0.25, 0.3) is 10.0 Å². The molecule has 1 amide bonds. The van der Waals surface area contributed by atoms with Crippen molar-refractivity contribution in [3.05, 3.63) is 89.7 Å². The van der Waals surface area contributed by atoms with Gasteiger partial charge in [0.1, 0.15) is 12.4 Å². The number of anilines is 2. The number of halogens is 1. The molecule has 1 N–H and O–H groups in total. The number of carbonyl (C=O) groups is 1. The second-order valence-corrected chi connectivity index (χ2v) is 8.53. The van der Waals surface area contributed by atoms with Crippen molar-refractivity contribution >= 4 is 27.3 Å². The molecule has 0 saturated carbocycles. The van der Waals surface area contributed by atoms with Crippen molar-refractivity contribution in [3.63, 3.8) is 0 Å². The van der Waals surface area contributed by atoms with Crippen molar-refractivity contribution in [1.82, 2.24) is 0 Å². The summed E-state index contributed by atoms with van der Waals surface area (Å²) in [4.78, 5) is 12.7. The van der Waals surface area contributed by atoms with Gasteiger partial charge in [-0.15, -0.1) is 0 Å². The van der Waals surface area contributed by atoms with Gasteiger partial charge >= 0.3 is 0 Å². The smallest absolute Gasteiger partial charge is 0.264 e. The van der Waals surface area contributed by atoms with Crippen LogP contribution >= 0.6 is 0 Å². The van der Waals surface area contributed by atoms with Gasteiger partial charge < -0.3 is 5.32 Å². The van der Waals surface area contributed by atoms with Gasteiger partial charge in [0.2, 0.25) is 5.91 Å². The van der Waals surface area contributed by atoms with E-state index in [1.54, 1.807) is 24.3 Å². The molecule has 0 atom stereocenters. The molecule has 0 aliphatic carbocycles. The summed E-state index contributed by atoms with van der Waals surface area (Å²) in [6.45, 7) is 3.25. The number of aryl methyl sites for hydroxylation is 2. The van der Waals surface area contributed by atoms with E-state index in [9.17, 15) is 17.6 Å². The highest BCUT2D eigenvalue weighted by atomic mass is 32.2. The summed E-state index contributed by atoms with van der Waals surface area (Å²) in [6.07, 6.45) is 0. The summed E-state index contributed by atoms with van der Waals surface area (Å²) in [5.74, 6) is -0.995. The van der Waals surface area contributed by atoms with E-state index in [2.05, 4.69) is 5.32 Å². The fourth-order valence-corrected chi connectivity index (χ4v) is 4.21. The molecule has 3 rings (SSSR count). The lowest BCUT2D eigenvalue weighted by Gasteiger charge is -2.24. The molecule has 0 aliphatic heterocycles. The first-order valence-corrected chi connectivity index (χ1v) is 10.4. The Bertz CT molecular complexity index is 1110. The van der Waals surface area contributed by atoms with Crippen LogP contribution in [-0.4, -0.2) is 20.9 Å². The average Bonchev–Trinajstić information content (AvgIpc) is 2.69. The minimum atomic E-state index is -4.03. The fourth-order valence-electron chi connectivity index (χ4n) is 2.79. The maximum atomic E-state index is 13.4. The largest absolute Gasteiger partial charge is 0.324 e.